The summed E-state index contributed by atoms with van der Waals surface area (Å²) in [6.07, 6.45) is 0. The van der Waals surface area contributed by atoms with Gasteiger partial charge in [-0.25, -0.2) is 0 Å². The highest BCUT2D eigenvalue weighted by Gasteiger charge is 2.19. The Balaban J connectivity index is 2.43. The third kappa shape index (κ3) is 1.91. The van der Waals surface area contributed by atoms with Gasteiger partial charge in [-0.2, -0.15) is 0 Å². The fraction of sp³-hybridized carbons (Fsp3) is 0.455. The molecule has 5 heteroatoms. The molecule has 2 rings (SSSR count). The van der Waals surface area contributed by atoms with Crippen molar-refractivity contribution in [1.82, 2.24) is 0 Å². The van der Waals surface area contributed by atoms with E-state index in [2.05, 4.69) is 0 Å². The summed E-state index contributed by atoms with van der Waals surface area (Å²) in [5.41, 5.74) is 6.49. The van der Waals surface area contributed by atoms with Crippen molar-refractivity contribution in [3.05, 3.63) is 17.7 Å². The van der Waals surface area contributed by atoms with Crippen molar-refractivity contribution in [1.29, 1.82) is 0 Å². The summed E-state index contributed by atoms with van der Waals surface area (Å²) in [5.74, 6) is 1.90. The molecule has 1 atom stereocenters. The van der Waals surface area contributed by atoms with Crippen molar-refractivity contribution in [2.75, 3.05) is 26.9 Å². The smallest absolute Gasteiger partial charge is 0.165 e. The molecule has 1 aromatic rings. The molecule has 0 spiro atoms. The highest BCUT2D eigenvalue weighted by Crippen LogP contribution is 2.38. The van der Waals surface area contributed by atoms with Crippen LogP contribution in [0.25, 0.3) is 0 Å². The highest BCUT2D eigenvalue weighted by atomic mass is 16.6. The van der Waals surface area contributed by atoms with Crippen LogP contribution >= 0.6 is 0 Å². The monoisotopic (exact) mass is 225 g/mol. The second-order valence-corrected chi connectivity index (χ2v) is 3.53. The Morgan fingerprint density at radius 2 is 2.00 bits per heavy atom. The van der Waals surface area contributed by atoms with Crippen LogP contribution in [0.15, 0.2) is 12.1 Å². The Morgan fingerprint density at radius 1 is 1.38 bits per heavy atom. The maximum atomic E-state index is 9.06. The van der Waals surface area contributed by atoms with Gasteiger partial charge in [0.25, 0.3) is 0 Å². The normalized spacial score (nSPS) is 15.7. The first-order chi connectivity index (χ1) is 7.76. The third-order valence-corrected chi connectivity index (χ3v) is 2.49. The van der Waals surface area contributed by atoms with Crippen LogP contribution in [-0.2, 0) is 0 Å². The molecule has 3 N–H and O–H groups in total. The molecule has 0 fully saturated rings. The van der Waals surface area contributed by atoms with E-state index < -0.39 is 6.04 Å². The molecule has 1 aromatic carbocycles. The summed E-state index contributed by atoms with van der Waals surface area (Å²) >= 11 is 0. The van der Waals surface area contributed by atoms with E-state index in [1.54, 1.807) is 19.2 Å². The van der Waals surface area contributed by atoms with Crippen LogP contribution in [0.2, 0.25) is 0 Å². The lowest BCUT2D eigenvalue weighted by Crippen LogP contribution is -2.19. The van der Waals surface area contributed by atoms with Crippen molar-refractivity contribution in [3.63, 3.8) is 0 Å². The van der Waals surface area contributed by atoms with Gasteiger partial charge >= 0.3 is 0 Å². The summed E-state index contributed by atoms with van der Waals surface area (Å²) in [4.78, 5) is 0. The third-order valence-electron chi connectivity index (χ3n) is 2.49. The molecule has 88 valence electrons. The van der Waals surface area contributed by atoms with Gasteiger partial charge in [0.05, 0.1) is 19.8 Å². The highest BCUT2D eigenvalue weighted by molar-refractivity contribution is 5.52. The van der Waals surface area contributed by atoms with Gasteiger partial charge in [-0.15, -0.1) is 0 Å². The van der Waals surface area contributed by atoms with E-state index in [0.717, 1.165) is 0 Å². The average Bonchev–Trinajstić information content (AvgIpc) is 2.36. The van der Waals surface area contributed by atoms with E-state index >= 15 is 0 Å². The maximum absolute atomic E-state index is 9.06. The standard InChI is InChI=1S/C11H15NO4/c1-14-9-5-11-10(15-2-3-16-11)4-7(9)8(12)6-13/h4-5,8,13H,2-3,6,12H2,1H3/t8-/m0/s1. The van der Waals surface area contributed by atoms with Gasteiger partial charge in [-0.3, -0.25) is 0 Å². The average molecular weight is 225 g/mol. The fourth-order valence-electron chi connectivity index (χ4n) is 1.65. The Morgan fingerprint density at radius 3 is 2.56 bits per heavy atom. The lowest BCUT2D eigenvalue weighted by atomic mass is 10.1. The van der Waals surface area contributed by atoms with E-state index in [-0.39, 0.29) is 6.61 Å². The second-order valence-electron chi connectivity index (χ2n) is 3.53. The van der Waals surface area contributed by atoms with E-state index in [0.29, 0.717) is 36.0 Å². The topological polar surface area (TPSA) is 73.9 Å². The van der Waals surface area contributed by atoms with E-state index in [4.69, 9.17) is 25.1 Å². The molecule has 1 aliphatic rings. The Labute approximate surface area is 93.7 Å². The maximum Gasteiger partial charge on any atom is 0.165 e. The van der Waals surface area contributed by atoms with Gasteiger partial charge in [-0.05, 0) is 6.07 Å². The van der Waals surface area contributed by atoms with Crippen LogP contribution in [0.4, 0.5) is 0 Å². The van der Waals surface area contributed by atoms with Crippen LogP contribution in [0, 0.1) is 0 Å². The molecule has 16 heavy (non-hydrogen) atoms. The van der Waals surface area contributed by atoms with Gasteiger partial charge < -0.3 is 25.1 Å². The van der Waals surface area contributed by atoms with Crippen molar-refractivity contribution < 1.29 is 19.3 Å². The van der Waals surface area contributed by atoms with Crippen LogP contribution < -0.4 is 19.9 Å². The van der Waals surface area contributed by atoms with Gasteiger partial charge in [0.2, 0.25) is 0 Å². The molecular formula is C11H15NO4. The Kier molecular flexibility index (Phi) is 3.17. The number of benzene rings is 1. The summed E-state index contributed by atoms with van der Waals surface area (Å²) < 4.78 is 16.1. The molecule has 0 unspecified atom stereocenters. The van der Waals surface area contributed by atoms with Crippen LogP contribution in [0.5, 0.6) is 17.2 Å². The van der Waals surface area contributed by atoms with Crippen molar-refractivity contribution in [3.8, 4) is 17.2 Å². The largest absolute Gasteiger partial charge is 0.496 e. The number of ether oxygens (including phenoxy) is 3. The molecule has 0 radical (unpaired) electrons. The summed E-state index contributed by atoms with van der Waals surface area (Å²) in [7, 11) is 1.55. The van der Waals surface area contributed by atoms with Crippen molar-refractivity contribution in [2.45, 2.75) is 6.04 Å². The summed E-state index contributed by atoms with van der Waals surface area (Å²) in [6.45, 7) is 0.907. The molecule has 0 bridgehead atoms. The lowest BCUT2D eigenvalue weighted by molar-refractivity contribution is 0.170. The number of methoxy groups -OCH3 is 1. The molecule has 0 aromatic heterocycles. The van der Waals surface area contributed by atoms with Crippen LogP contribution in [0.3, 0.4) is 0 Å². The molecule has 0 saturated heterocycles. The summed E-state index contributed by atoms with van der Waals surface area (Å²) in [5, 5.41) is 9.06. The number of hydrogen-bond donors (Lipinski definition) is 2. The minimum Gasteiger partial charge on any atom is -0.496 e. The van der Waals surface area contributed by atoms with E-state index in [1.807, 2.05) is 0 Å². The van der Waals surface area contributed by atoms with Gasteiger partial charge in [-0.1, -0.05) is 0 Å². The molecule has 0 amide bonds. The molecule has 0 saturated carbocycles. The minimum atomic E-state index is -0.481. The Hall–Kier alpha value is -1.46. The zero-order valence-corrected chi connectivity index (χ0v) is 9.10. The number of hydrogen-bond acceptors (Lipinski definition) is 5. The fourth-order valence-corrected chi connectivity index (χ4v) is 1.65. The first kappa shape index (κ1) is 11.0. The van der Waals surface area contributed by atoms with Crippen LogP contribution in [0.1, 0.15) is 11.6 Å². The molecule has 1 heterocycles. The molecule has 1 aliphatic heterocycles. The number of rotatable bonds is 3. The van der Waals surface area contributed by atoms with Gasteiger partial charge in [0.15, 0.2) is 11.5 Å². The molecule has 0 aliphatic carbocycles. The number of aliphatic hydroxyl groups excluding tert-OH is 1. The lowest BCUT2D eigenvalue weighted by Gasteiger charge is -2.22. The zero-order valence-electron chi connectivity index (χ0n) is 9.10. The minimum absolute atomic E-state index is 0.143. The van der Waals surface area contributed by atoms with Gasteiger partial charge in [0.1, 0.15) is 19.0 Å². The molecular weight excluding hydrogens is 210 g/mol. The SMILES string of the molecule is COc1cc2c(cc1[C@@H](N)CO)OCCO2. The Bertz CT molecular complexity index is 380. The number of fused-ring (bicyclic) bond motifs is 1. The second kappa shape index (κ2) is 4.59. The van der Waals surface area contributed by atoms with E-state index in [9.17, 15) is 0 Å². The zero-order chi connectivity index (χ0) is 11.5. The molecule has 5 nitrogen and oxygen atoms in total. The summed E-state index contributed by atoms with van der Waals surface area (Å²) in [6, 6.07) is 3.01. The van der Waals surface area contributed by atoms with Crippen molar-refractivity contribution in [2.24, 2.45) is 5.73 Å². The van der Waals surface area contributed by atoms with Crippen LogP contribution in [-0.4, -0.2) is 32.0 Å². The van der Waals surface area contributed by atoms with Crippen molar-refractivity contribution >= 4 is 0 Å². The first-order valence-corrected chi connectivity index (χ1v) is 5.10. The predicted octanol–water partition coefficient (Wildman–Crippen LogP) is 0.458. The number of nitrogens with two attached hydrogens (primary N) is 1. The van der Waals surface area contributed by atoms with Gasteiger partial charge in [0, 0.05) is 11.6 Å². The number of aliphatic hydroxyl groups is 1. The predicted molar refractivity (Wildman–Crippen MR) is 58.0 cm³/mol. The quantitative estimate of drug-likeness (QED) is 0.781. The first-order valence-electron chi connectivity index (χ1n) is 5.10. The van der Waals surface area contributed by atoms with E-state index in [1.165, 1.54) is 0 Å².